The van der Waals surface area contributed by atoms with Gasteiger partial charge in [0.1, 0.15) is 5.78 Å². The molecule has 1 nitrogen and oxygen atoms in total. The van der Waals surface area contributed by atoms with Crippen LogP contribution in [0.4, 0.5) is 0 Å². The summed E-state index contributed by atoms with van der Waals surface area (Å²) in [7, 11) is 0. The second-order valence-electron chi connectivity index (χ2n) is 3.99. The van der Waals surface area contributed by atoms with Crippen molar-refractivity contribution >= 4 is 11.9 Å². The highest BCUT2D eigenvalue weighted by Crippen LogP contribution is 2.10. The lowest BCUT2D eigenvalue weighted by atomic mass is 10.0. The zero-order valence-electron chi connectivity index (χ0n) is 9.44. The molecule has 1 heteroatoms. The summed E-state index contributed by atoms with van der Waals surface area (Å²) in [4.78, 5) is 10.8. The van der Waals surface area contributed by atoms with Gasteiger partial charge in [-0.2, -0.15) is 0 Å². The summed E-state index contributed by atoms with van der Waals surface area (Å²) in [5.74, 6) is 0.740. The van der Waals surface area contributed by atoms with Crippen molar-refractivity contribution in [2.24, 2.45) is 5.92 Å². The van der Waals surface area contributed by atoms with E-state index in [-0.39, 0.29) is 5.78 Å². The lowest BCUT2D eigenvalue weighted by Gasteiger charge is -2.03. The third-order valence-electron chi connectivity index (χ3n) is 2.37. The predicted molar refractivity (Wildman–Crippen MR) is 64.6 cm³/mol. The maximum absolute atomic E-state index is 10.8. The summed E-state index contributed by atoms with van der Waals surface area (Å²) in [5.41, 5.74) is 1.21. The van der Waals surface area contributed by atoms with Crippen LogP contribution in [0.1, 0.15) is 32.3 Å². The number of hydrogen-bond acceptors (Lipinski definition) is 1. The number of rotatable bonds is 5. The molecule has 1 aromatic carbocycles. The Morgan fingerprint density at radius 1 is 1.33 bits per heavy atom. The first-order chi connectivity index (χ1) is 7.18. The van der Waals surface area contributed by atoms with Gasteiger partial charge >= 0.3 is 0 Å². The highest BCUT2D eigenvalue weighted by atomic mass is 16.1. The minimum atomic E-state index is 0.273. The number of ketones is 1. The van der Waals surface area contributed by atoms with Crippen molar-refractivity contribution in [2.75, 3.05) is 0 Å². The zero-order chi connectivity index (χ0) is 11.1. The molecular weight excluding hydrogens is 184 g/mol. The van der Waals surface area contributed by atoms with E-state index in [0.29, 0.717) is 12.3 Å². The maximum Gasteiger partial charge on any atom is 0.129 e. The molecule has 0 bridgehead atoms. The number of benzene rings is 1. The van der Waals surface area contributed by atoms with Gasteiger partial charge in [-0.15, -0.1) is 0 Å². The molecule has 1 unspecified atom stereocenters. The molecule has 0 saturated carbocycles. The first-order valence-corrected chi connectivity index (χ1v) is 5.41. The summed E-state index contributed by atoms with van der Waals surface area (Å²) in [6, 6.07) is 10.2. The third kappa shape index (κ3) is 5.16. The average Bonchev–Trinajstić information content (AvgIpc) is 2.25. The van der Waals surface area contributed by atoms with Crippen LogP contribution in [-0.2, 0) is 4.79 Å². The van der Waals surface area contributed by atoms with Crippen LogP contribution in [0.25, 0.3) is 6.08 Å². The fourth-order valence-corrected chi connectivity index (χ4v) is 1.37. The van der Waals surface area contributed by atoms with Crippen molar-refractivity contribution in [3.05, 3.63) is 42.0 Å². The molecule has 0 aliphatic rings. The molecule has 1 atom stereocenters. The quantitative estimate of drug-likeness (QED) is 0.711. The van der Waals surface area contributed by atoms with Crippen LogP contribution >= 0.6 is 0 Å². The van der Waals surface area contributed by atoms with Crippen LogP contribution < -0.4 is 0 Å². The summed E-state index contributed by atoms with van der Waals surface area (Å²) < 4.78 is 0. The lowest BCUT2D eigenvalue weighted by molar-refractivity contribution is -0.117. The standard InChI is InChI=1S/C14H18O/c1-12(8-10-13(2)15)9-11-14-6-4-3-5-7-14/h3-7,9,11-12H,8,10H2,1-2H3/b11-9+. The van der Waals surface area contributed by atoms with Crippen LogP contribution in [0, 0.1) is 5.92 Å². The Morgan fingerprint density at radius 2 is 2.00 bits per heavy atom. The lowest BCUT2D eigenvalue weighted by Crippen LogP contribution is -1.95. The van der Waals surface area contributed by atoms with Gasteiger partial charge in [-0.1, -0.05) is 49.4 Å². The molecule has 1 aromatic rings. The predicted octanol–water partition coefficient (Wildman–Crippen LogP) is 3.71. The van der Waals surface area contributed by atoms with E-state index in [0.717, 1.165) is 6.42 Å². The molecule has 0 heterocycles. The Balaban J connectivity index is 2.41. The van der Waals surface area contributed by atoms with Gasteiger partial charge in [0.2, 0.25) is 0 Å². The number of carbonyl (C=O) groups is 1. The Hall–Kier alpha value is -1.37. The highest BCUT2D eigenvalue weighted by Gasteiger charge is 1.99. The molecule has 0 amide bonds. The van der Waals surface area contributed by atoms with Crippen molar-refractivity contribution in [1.82, 2.24) is 0 Å². The smallest absolute Gasteiger partial charge is 0.129 e. The van der Waals surface area contributed by atoms with Crippen molar-refractivity contribution in [3.63, 3.8) is 0 Å². The fraction of sp³-hybridized carbons (Fsp3) is 0.357. The van der Waals surface area contributed by atoms with E-state index in [4.69, 9.17) is 0 Å². The summed E-state index contributed by atoms with van der Waals surface area (Å²) in [6.07, 6.45) is 5.90. The van der Waals surface area contributed by atoms with Gasteiger partial charge in [0, 0.05) is 6.42 Å². The molecule has 0 radical (unpaired) electrons. The second kappa shape index (κ2) is 6.18. The van der Waals surface area contributed by atoms with Crippen molar-refractivity contribution in [3.8, 4) is 0 Å². The summed E-state index contributed by atoms with van der Waals surface area (Å²) in [6.45, 7) is 3.79. The monoisotopic (exact) mass is 202 g/mol. The van der Waals surface area contributed by atoms with Crippen LogP contribution in [0.15, 0.2) is 36.4 Å². The molecule has 80 valence electrons. The molecule has 0 saturated heterocycles. The minimum absolute atomic E-state index is 0.273. The molecule has 0 N–H and O–H groups in total. The normalized spacial score (nSPS) is 12.9. The molecule has 0 spiro atoms. The maximum atomic E-state index is 10.8. The van der Waals surface area contributed by atoms with Crippen LogP contribution in [0.2, 0.25) is 0 Å². The van der Waals surface area contributed by atoms with E-state index in [1.165, 1.54) is 5.56 Å². The Bertz CT molecular complexity index is 324. The molecular formula is C14H18O. The number of hydrogen-bond donors (Lipinski definition) is 0. The number of allylic oxidation sites excluding steroid dienone is 1. The zero-order valence-corrected chi connectivity index (χ0v) is 9.44. The van der Waals surface area contributed by atoms with Crippen LogP contribution in [-0.4, -0.2) is 5.78 Å². The van der Waals surface area contributed by atoms with Gasteiger partial charge in [-0.05, 0) is 24.8 Å². The topological polar surface area (TPSA) is 17.1 Å². The Labute approximate surface area is 91.8 Å². The summed E-state index contributed by atoms with van der Waals surface area (Å²) >= 11 is 0. The molecule has 0 aliphatic carbocycles. The Kier molecular flexibility index (Phi) is 4.82. The van der Waals surface area contributed by atoms with Gasteiger partial charge in [-0.3, -0.25) is 0 Å². The van der Waals surface area contributed by atoms with Gasteiger partial charge in [0.15, 0.2) is 0 Å². The molecule has 0 aromatic heterocycles. The van der Waals surface area contributed by atoms with E-state index in [9.17, 15) is 4.79 Å². The van der Waals surface area contributed by atoms with E-state index in [2.05, 4.69) is 31.2 Å². The van der Waals surface area contributed by atoms with Gasteiger partial charge < -0.3 is 4.79 Å². The van der Waals surface area contributed by atoms with Gasteiger partial charge in [0.25, 0.3) is 0 Å². The molecule has 15 heavy (non-hydrogen) atoms. The second-order valence-corrected chi connectivity index (χ2v) is 3.99. The molecule has 0 fully saturated rings. The van der Waals surface area contributed by atoms with E-state index in [1.807, 2.05) is 18.2 Å². The van der Waals surface area contributed by atoms with Crippen molar-refractivity contribution in [1.29, 1.82) is 0 Å². The summed E-state index contributed by atoms with van der Waals surface area (Å²) in [5, 5.41) is 0. The van der Waals surface area contributed by atoms with Crippen LogP contribution in [0.5, 0.6) is 0 Å². The number of carbonyl (C=O) groups excluding carboxylic acids is 1. The molecule has 1 rings (SSSR count). The largest absolute Gasteiger partial charge is 0.300 e. The van der Waals surface area contributed by atoms with Crippen molar-refractivity contribution in [2.45, 2.75) is 26.7 Å². The average molecular weight is 202 g/mol. The first-order valence-electron chi connectivity index (χ1n) is 5.41. The van der Waals surface area contributed by atoms with Gasteiger partial charge in [0.05, 0.1) is 0 Å². The minimum Gasteiger partial charge on any atom is -0.300 e. The van der Waals surface area contributed by atoms with E-state index < -0.39 is 0 Å². The highest BCUT2D eigenvalue weighted by molar-refractivity contribution is 5.75. The fourth-order valence-electron chi connectivity index (χ4n) is 1.37. The number of Topliss-reactive ketones (excluding diaryl/α,β-unsaturated/α-hetero) is 1. The van der Waals surface area contributed by atoms with Crippen molar-refractivity contribution < 1.29 is 4.79 Å². The van der Waals surface area contributed by atoms with Crippen LogP contribution in [0.3, 0.4) is 0 Å². The van der Waals surface area contributed by atoms with Gasteiger partial charge in [-0.25, -0.2) is 0 Å². The van der Waals surface area contributed by atoms with E-state index >= 15 is 0 Å². The first kappa shape index (κ1) is 11.7. The molecule has 0 aliphatic heterocycles. The SMILES string of the molecule is CC(=O)CCC(C)/C=C/c1ccccc1. The van der Waals surface area contributed by atoms with E-state index in [1.54, 1.807) is 6.92 Å². The third-order valence-corrected chi connectivity index (χ3v) is 2.37. The Morgan fingerprint density at radius 3 is 2.60 bits per heavy atom.